The number of alkyl halides is 1. The lowest BCUT2D eigenvalue weighted by atomic mass is 10.1. The molecule has 2 nitrogen and oxygen atoms in total. The smallest absolute Gasteiger partial charge is 0.179 e. The van der Waals surface area contributed by atoms with Gasteiger partial charge in [0.1, 0.15) is 0 Å². The predicted octanol–water partition coefficient (Wildman–Crippen LogP) is 2.65. The minimum atomic E-state index is -0.206. The number of Topliss-reactive ketones (excluding diaryl/α,β-unsaturated/α-hetero) is 1. The number of anilines is 1. The van der Waals surface area contributed by atoms with E-state index in [0.717, 1.165) is 5.56 Å². The van der Waals surface area contributed by atoms with Crippen LogP contribution >= 0.6 is 23.2 Å². The molecule has 0 bridgehead atoms. The molecule has 0 aromatic heterocycles. The molecule has 0 saturated carbocycles. The summed E-state index contributed by atoms with van der Waals surface area (Å²) in [4.78, 5) is 11.3. The van der Waals surface area contributed by atoms with Crippen molar-refractivity contribution in [1.29, 1.82) is 0 Å². The van der Waals surface area contributed by atoms with Gasteiger partial charge in [-0.1, -0.05) is 11.6 Å². The molecule has 1 rings (SSSR count). The first-order valence-electron chi connectivity index (χ1n) is 3.71. The van der Waals surface area contributed by atoms with Crippen LogP contribution in [0.3, 0.4) is 0 Å². The molecule has 0 aliphatic rings. The predicted molar refractivity (Wildman–Crippen MR) is 55.7 cm³/mol. The lowest BCUT2D eigenvalue weighted by molar-refractivity contribution is 0.102. The van der Waals surface area contributed by atoms with Crippen molar-refractivity contribution in [1.82, 2.24) is 0 Å². The van der Waals surface area contributed by atoms with Crippen molar-refractivity contribution in [3.63, 3.8) is 0 Å². The van der Waals surface area contributed by atoms with Crippen molar-refractivity contribution in [2.45, 2.75) is 6.92 Å². The fourth-order valence-corrected chi connectivity index (χ4v) is 1.43. The molecule has 0 atom stereocenters. The number of hydrogen-bond donors (Lipinski definition) is 1. The first-order valence-corrected chi connectivity index (χ1v) is 4.62. The van der Waals surface area contributed by atoms with Crippen LogP contribution in [0.15, 0.2) is 12.1 Å². The van der Waals surface area contributed by atoms with E-state index in [0.29, 0.717) is 11.3 Å². The molecule has 0 aliphatic heterocycles. The molecule has 1 aromatic carbocycles. The minimum Gasteiger partial charge on any atom is -0.397 e. The fourth-order valence-electron chi connectivity index (χ4n) is 1.07. The Kier molecular flexibility index (Phi) is 3.17. The van der Waals surface area contributed by atoms with E-state index in [1.165, 1.54) is 0 Å². The SMILES string of the molecule is Cc1cc(N)c(Cl)c(C(=O)CCl)c1. The Balaban J connectivity index is 3.28. The van der Waals surface area contributed by atoms with Gasteiger partial charge in [0.05, 0.1) is 16.6 Å². The van der Waals surface area contributed by atoms with Gasteiger partial charge in [-0.15, -0.1) is 11.6 Å². The van der Waals surface area contributed by atoms with Crippen LogP contribution in [-0.4, -0.2) is 11.7 Å². The Morgan fingerprint density at radius 3 is 2.69 bits per heavy atom. The number of ketones is 1. The van der Waals surface area contributed by atoms with Gasteiger partial charge in [0.2, 0.25) is 0 Å². The molecule has 0 radical (unpaired) electrons. The van der Waals surface area contributed by atoms with Crippen LogP contribution in [0.2, 0.25) is 5.02 Å². The molecule has 0 fully saturated rings. The number of benzene rings is 1. The highest BCUT2D eigenvalue weighted by atomic mass is 35.5. The van der Waals surface area contributed by atoms with Crippen molar-refractivity contribution in [3.05, 3.63) is 28.3 Å². The lowest BCUT2D eigenvalue weighted by Gasteiger charge is -2.05. The Morgan fingerprint density at radius 2 is 2.15 bits per heavy atom. The number of halogens is 2. The largest absolute Gasteiger partial charge is 0.397 e. The maximum absolute atomic E-state index is 11.3. The summed E-state index contributed by atoms with van der Waals surface area (Å²) in [5.41, 5.74) is 7.29. The van der Waals surface area contributed by atoms with E-state index in [-0.39, 0.29) is 16.7 Å². The Morgan fingerprint density at radius 1 is 1.54 bits per heavy atom. The second-order valence-corrected chi connectivity index (χ2v) is 3.42. The quantitative estimate of drug-likeness (QED) is 0.471. The average Bonchev–Trinajstić information content (AvgIpc) is 2.10. The van der Waals surface area contributed by atoms with Crippen molar-refractivity contribution < 1.29 is 4.79 Å². The van der Waals surface area contributed by atoms with Gasteiger partial charge in [-0.3, -0.25) is 4.79 Å². The maximum Gasteiger partial charge on any atom is 0.179 e. The standard InChI is InChI=1S/C9H9Cl2NO/c1-5-2-6(8(13)4-10)9(11)7(12)3-5/h2-3H,4,12H2,1H3. The van der Waals surface area contributed by atoms with Gasteiger partial charge in [0.25, 0.3) is 0 Å². The zero-order chi connectivity index (χ0) is 10.0. The first kappa shape index (κ1) is 10.4. The highest BCUT2D eigenvalue weighted by Crippen LogP contribution is 2.25. The van der Waals surface area contributed by atoms with E-state index in [9.17, 15) is 4.79 Å². The molecule has 0 aliphatic carbocycles. The molecular weight excluding hydrogens is 209 g/mol. The zero-order valence-corrected chi connectivity index (χ0v) is 8.62. The summed E-state index contributed by atoms with van der Waals surface area (Å²) < 4.78 is 0. The highest BCUT2D eigenvalue weighted by Gasteiger charge is 2.11. The molecule has 0 amide bonds. The van der Waals surface area contributed by atoms with Gasteiger partial charge in [0, 0.05) is 5.56 Å². The van der Waals surface area contributed by atoms with E-state index in [2.05, 4.69) is 0 Å². The number of nitrogens with two attached hydrogens (primary N) is 1. The second kappa shape index (κ2) is 3.99. The maximum atomic E-state index is 11.3. The third-order valence-corrected chi connectivity index (χ3v) is 2.33. The normalized spacial score (nSPS) is 10.1. The topological polar surface area (TPSA) is 43.1 Å². The molecule has 1 aromatic rings. The summed E-state index contributed by atoms with van der Waals surface area (Å²) >= 11 is 11.2. The monoisotopic (exact) mass is 217 g/mol. The molecule has 70 valence electrons. The Hall–Kier alpha value is -0.730. The Bertz CT molecular complexity index is 350. The molecule has 2 N–H and O–H groups in total. The van der Waals surface area contributed by atoms with E-state index >= 15 is 0 Å². The third kappa shape index (κ3) is 2.14. The molecule has 0 saturated heterocycles. The summed E-state index contributed by atoms with van der Waals surface area (Å²) in [5.74, 6) is -0.287. The average molecular weight is 218 g/mol. The molecule has 0 heterocycles. The van der Waals surface area contributed by atoms with Crippen LogP contribution in [0.5, 0.6) is 0 Å². The summed E-state index contributed by atoms with van der Waals surface area (Å²) in [5, 5.41) is 0.288. The fraction of sp³-hybridized carbons (Fsp3) is 0.222. The van der Waals surface area contributed by atoms with Gasteiger partial charge in [-0.2, -0.15) is 0 Å². The van der Waals surface area contributed by atoms with Gasteiger partial charge in [-0.25, -0.2) is 0 Å². The van der Waals surface area contributed by atoms with Crippen LogP contribution in [0.25, 0.3) is 0 Å². The number of nitrogen functional groups attached to an aromatic ring is 1. The number of carbonyl (C=O) groups is 1. The molecule has 13 heavy (non-hydrogen) atoms. The highest BCUT2D eigenvalue weighted by molar-refractivity contribution is 6.39. The van der Waals surface area contributed by atoms with E-state index < -0.39 is 0 Å². The number of rotatable bonds is 2. The van der Waals surface area contributed by atoms with Crippen molar-refractivity contribution in [3.8, 4) is 0 Å². The van der Waals surface area contributed by atoms with Crippen LogP contribution in [-0.2, 0) is 0 Å². The Labute approximate surface area is 86.6 Å². The number of aryl methyl sites for hydroxylation is 1. The second-order valence-electron chi connectivity index (χ2n) is 2.77. The summed E-state index contributed by atoms with van der Waals surface area (Å²) in [6.07, 6.45) is 0. The molecule has 4 heteroatoms. The number of hydrogen-bond acceptors (Lipinski definition) is 2. The van der Waals surface area contributed by atoms with Crippen LogP contribution < -0.4 is 5.73 Å². The minimum absolute atomic E-state index is 0.0807. The molecular formula is C9H9Cl2NO. The van der Waals surface area contributed by atoms with Gasteiger partial charge < -0.3 is 5.73 Å². The summed E-state index contributed by atoms with van der Waals surface area (Å²) in [6.45, 7) is 1.84. The summed E-state index contributed by atoms with van der Waals surface area (Å²) in [6, 6.07) is 3.40. The lowest BCUT2D eigenvalue weighted by Crippen LogP contribution is -2.03. The van der Waals surface area contributed by atoms with Gasteiger partial charge in [-0.05, 0) is 24.6 Å². The van der Waals surface area contributed by atoms with Crippen molar-refractivity contribution in [2.24, 2.45) is 0 Å². The zero-order valence-electron chi connectivity index (χ0n) is 7.10. The van der Waals surface area contributed by atoms with E-state index in [4.69, 9.17) is 28.9 Å². The first-order chi connectivity index (χ1) is 6.06. The van der Waals surface area contributed by atoms with Crippen molar-refractivity contribution in [2.75, 3.05) is 11.6 Å². The van der Waals surface area contributed by atoms with Crippen molar-refractivity contribution >= 4 is 34.7 Å². The van der Waals surface area contributed by atoms with Crippen LogP contribution in [0, 0.1) is 6.92 Å². The summed E-state index contributed by atoms with van der Waals surface area (Å²) in [7, 11) is 0. The van der Waals surface area contributed by atoms with E-state index in [1.54, 1.807) is 12.1 Å². The van der Waals surface area contributed by atoms with E-state index in [1.807, 2.05) is 6.92 Å². The number of carbonyl (C=O) groups excluding carboxylic acids is 1. The molecule has 0 spiro atoms. The van der Waals surface area contributed by atoms with Gasteiger partial charge in [0.15, 0.2) is 5.78 Å². The van der Waals surface area contributed by atoms with Crippen LogP contribution in [0.4, 0.5) is 5.69 Å². The molecule has 0 unspecified atom stereocenters. The third-order valence-electron chi connectivity index (χ3n) is 1.67. The van der Waals surface area contributed by atoms with Gasteiger partial charge >= 0.3 is 0 Å². The van der Waals surface area contributed by atoms with Crippen LogP contribution in [0.1, 0.15) is 15.9 Å².